The van der Waals surface area contributed by atoms with Gasteiger partial charge < -0.3 is 0 Å². The molecule has 1 aliphatic rings. The van der Waals surface area contributed by atoms with E-state index in [4.69, 9.17) is 4.28 Å². The largest absolute Gasteiger partial charge is 0.288 e. The normalized spacial score (nSPS) is 13.5. The first-order valence-corrected chi connectivity index (χ1v) is 11.3. The number of carbonyl (C=O) groups excluding carboxylic acids is 2. The van der Waals surface area contributed by atoms with Crippen LogP contribution in [0.2, 0.25) is 0 Å². The first kappa shape index (κ1) is 21.0. The van der Waals surface area contributed by atoms with Gasteiger partial charge in [0.2, 0.25) is 0 Å². The number of hydrogen-bond donors (Lipinski definition) is 0. The summed E-state index contributed by atoms with van der Waals surface area (Å²) in [5.74, 6) is 4.40. The Hall–Kier alpha value is -2.69. The summed E-state index contributed by atoms with van der Waals surface area (Å²) >= 11 is 0. The molecule has 6 nitrogen and oxygen atoms in total. The molecule has 0 saturated heterocycles. The minimum atomic E-state index is -4.04. The van der Waals surface area contributed by atoms with Crippen molar-refractivity contribution in [3.8, 4) is 11.8 Å². The number of hydrogen-bond acceptors (Lipinski definition) is 5. The SMILES string of the molecule is CCCCC#Cc1ccc2c3c(cccc13)C(=O)N(OS(=O)(=O)CCCC)C2=O. The number of nitrogens with zero attached hydrogens (tertiary/aromatic N) is 1. The maximum absolute atomic E-state index is 12.9. The highest BCUT2D eigenvalue weighted by Crippen LogP contribution is 2.32. The molecule has 0 fully saturated rings. The third-order valence-corrected chi connectivity index (χ3v) is 5.85. The number of hydroxylamine groups is 2. The van der Waals surface area contributed by atoms with Crippen LogP contribution in [0.1, 0.15) is 72.2 Å². The van der Waals surface area contributed by atoms with Crippen molar-refractivity contribution in [1.82, 2.24) is 5.06 Å². The van der Waals surface area contributed by atoms with Crippen molar-refractivity contribution < 1.29 is 22.3 Å². The average molecular weight is 413 g/mol. The van der Waals surface area contributed by atoms with Crippen molar-refractivity contribution in [2.24, 2.45) is 0 Å². The molecule has 0 N–H and O–H groups in total. The zero-order valence-corrected chi connectivity index (χ0v) is 17.3. The van der Waals surface area contributed by atoms with E-state index < -0.39 is 21.9 Å². The molecule has 2 aromatic rings. The van der Waals surface area contributed by atoms with Gasteiger partial charge in [0, 0.05) is 17.4 Å². The first-order chi connectivity index (χ1) is 13.9. The van der Waals surface area contributed by atoms with E-state index in [0.29, 0.717) is 28.7 Å². The molecule has 3 rings (SSSR count). The summed E-state index contributed by atoms with van der Waals surface area (Å²) in [5, 5.41) is 1.53. The number of rotatable bonds is 7. The van der Waals surface area contributed by atoms with Gasteiger partial charge in [-0.1, -0.05) is 50.7 Å². The molecule has 0 saturated carbocycles. The van der Waals surface area contributed by atoms with Gasteiger partial charge in [-0.2, -0.15) is 8.42 Å². The van der Waals surface area contributed by atoms with Gasteiger partial charge in [-0.3, -0.25) is 9.59 Å². The van der Waals surface area contributed by atoms with Crippen LogP contribution in [0.3, 0.4) is 0 Å². The fourth-order valence-electron chi connectivity index (χ4n) is 3.15. The van der Waals surface area contributed by atoms with Gasteiger partial charge in [0.1, 0.15) is 0 Å². The van der Waals surface area contributed by atoms with E-state index in [1.54, 1.807) is 30.3 Å². The highest BCUT2D eigenvalue weighted by atomic mass is 32.2. The summed E-state index contributed by atoms with van der Waals surface area (Å²) in [4.78, 5) is 25.7. The Labute approximate surface area is 170 Å². The topological polar surface area (TPSA) is 80.8 Å². The van der Waals surface area contributed by atoms with E-state index in [1.807, 2.05) is 6.92 Å². The summed E-state index contributed by atoms with van der Waals surface area (Å²) in [6, 6.07) is 8.35. The van der Waals surface area contributed by atoms with Gasteiger partial charge in [0.05, 0.1) is 16.9 Å². The summed E-state index contributed by atoms with van der Waals surface area (Å²) in [6.07, 6.45) is 3.86. The highest BCUT2D eigenvalue weighted by molar-refractivity contribution is 7.86. The van der Waals surface area contributed by atoms with Gasteiger partial charge in [-0.25, -0.2) is 0 Å². The summed E-state index contributed by atoms with van der Waals surface area (Å²) < 4.78 is 29.2. The van der Waals surface area contributed by atoms with Crippen molar-refractivity contribution in [2.75, 3.05) is 5.75 Å². The molecule has 2 amide bonds. The monoisotopic (exact) mass is 413 g/mol. The zero-order valence-electron chi connectivity index (χ0n) is 16.5. The molecule has 1 heterocycles. The summed E-state index contributed by atoms with van der Waals surface area (Å²) in [6.45, 7) is 3.93. The molecular formula is C22H23NO5S. The van der Waals surface area contributed by atoms with Crippen LogP contribution >= 0.6 is 0 Å². The van der Waals surface area contributed by atoms with E-state index >= 15 is 0 Å². The van der Waals surface area contributed by atoms with Crippen molar-refractivity contribution in [1.29, 1.82) is 0 Å². The van der Waals surface area contributed by atoms with E-state index in [0.717, 1.165) is 24.8 Å². The Morgan fingerprint density at radius 3 is 2.34 bits per heavy atom. The van der Waals surface area contributed by atoms with E-state index in [1.165, 1.54) is 0 Å². The van der Waals surface area contributed by atoms with E-state index in [-0.39, 0.29) is 16.9 Å². The predicted octanol–water partition coefficient (Wildman–Crippen LogP) is 4.04. The van der Waals surface area contributed by atoms with Gasteiger partial charge in [-0.15, -0.1) is 9.35 Å². The smallest absolute Gasteiger partial charge is 0.266 e. The van der Waals surface area contributed by atoms with Crippen LogP contribution in [0.15, 0.2) is 30.3 Å². The van der Waals surface area contributed by atoms with Gasteiger partial charge >= 0.3 is 0 Å². The Balaban J connectivity index is 2.02. The van der Waals surface area contributed by atoms with Crippen molar-refractivity contribution in [3.63, 3.8) is 0 Å². The summed E-state index contributed by atoms with van der Waals surface area (Å²) in [5.41, 5.74) is 1.17. The minimum Gasteiger partial charge on any atom is -0.266 e. The molecule has 0 aromatic heterocycles. The van der Waals surface area contributed by atoms with Crippen molar-refractivity contribution in [3.05, 3.63) is 47.0 Å². The van der Waals surface area contributed by atoms with Gasteiger partial charge in [0.25, 0.3) is 21.9 Å². The second-order valence-corrected chi connectivity index (χ2v) is 8.56. The lowest BCUT2D eigenvalue weighted by Gasteiger charge is -2.25. The quantitative estimate of drug-likeness (QED) is 0.389. The lowest BCUT2D eigenvalue weighted by atomic mass is 9.92. The van der Waals surface area contributed by atoms with Crippen LogP contribution in [0.4, 0.5) is 0 Å². The third-order valence-electron chi connectivity index (χ3n) is 4.68. The van der Waals surface area contributed by atoms with Gasteiger partial charge in [-0.05, 0) is 36.4 Å². The number of imide groups is 1. The second kappa shape index (κ2) is 8.76. The number of benzene rings is 2. The first-order valence-electron chi connectivity index (χ1n) is 9.75. The summed E-state index contributed by atoms with van der Waals surface area (Å²) in [7, 11) is -4.04. The second-order valence-electron chi connectivity index (χ2n) is 6.89. The highest BCUT2D eigenvalue weighted by Gasteiger charge is 2.37. The Morgan fingerprint density at radius 2 is 1.66 bits per heavy atom. The molecule has 0 radical (unpaired) electrons. The lowest BCUT2D eigenvalue weighted by molar-refractivity contribution is -0.0155. The van der Waals surface area contributed by atoms with E-state index in [2.05, 4.69) is 18.8 Å². The molecular weight excluding hydrogens is 390 g/mol. The predicted molar refractivity (Wildman–Crippen MR) is 111 cm³/mol. The number of carbonyl (C=O) groups is 2. The molecule has 0 unspecified atom stereocenters. The van der Waals surface area contributed by atoms with Crippen LogP contribution < -0.4 is 0 Å². The number of amides is 2. The molecule has 0 bridgehead atoms. The zero-order chi connectivity index (χ0) is 21.0. The maximum Gasteiger partial charge on any atom is 0.288 e. The Morgan fingerprint density at radius 1 is 0.966 bits per heavy atom. The fourth-order valence-corrected chi connectivity index (χ4v) is 4.22. The minimum absolute atomic E-state index is 0.222. The van der Waals surface area contributed by atoms with Crippen LogP contribution in [0.25, 0.3) is 10.8 Å². The van der Waals surface area contributed by atoms with Crippen LogP contribution in [-0.2, 0) is 14.4 Å². The standard InChI is InChI=1S/C22H23NO5S/c1-3-5-7-8-10-16-13-14-19-20-17(16)11-9-12-18(20)21(24)23(22(19)25)28-29(26,27)15-6-4-2/h9,11-14H,3-7,15H2,1-2H3. The van der Waals surface area contributed by atoms with Gasteiger partial charge in [0.15, 0.2) is 0 Å². The molecule has 2 aromatic carbocycles. The Kier molecular flexibility index (Phi) is 6.36. The third kappa shape index (κ3) is 4.34. The molecule has 1 aliphatic heterocycles. The molecule has 0 aliphatic carbocycles. The fraction of sp³-hybridized carbons (Fsp3) is 0.364. The molecule has 0 spiro atoms. The maximum atomic E-state index is 12.9. The van der Waals surface area contributed by atoms with Crippen molar-refractivity contribution >= 4 is 32.7 Å². The Bertz CT molecular complexity index is 1100. The van der Waals surface area contributed by atoms with Crippen LogP contribution in [-0.4, -0.2) is 31.0 Å². The molecule has 7 heteroatoms. The average Bonchev–Trinajstić information content (AvgIpc) is 2.71. The van der Waals surface area contributed by atoms with Crippen LogP contribution in [0, 0.1) is 11.8 Å². The molecule has 0 atom stereocenters. The van der Waals surface area contributed by atoms with Crippen LogP contribution in [0.5, 0.6) is 0 Å². The molecule has 29 heavy (non-hydrogen) atoms. The lowest BCUT2D eigenvalue weighted by Crippen LogP contribution is -2.42. The molecule has 152 valence electrons. The van der Waals surface area contributed by atoms with E-state index in [9.17, 15) is 18.0 Å². The number of unbranched alkanes of at least 4 members (excludes halogenated alkanes) is 3. The van der Waals surface area contributed by atoms with Crippen molar-refractivity contribution in [2.45, 2.75) is 46.0 Å².